The molecule has 46 heavy (non-hydrogen) atoms. The second-order valence-corrected chi connectivity index (χ2v) is 13.9. The van der Waals surface area contributed by atoms with Crippen LogP contribution in [0, 0.1) is 11.3 Å². The van der Waals surface area contributed by atoms with Crippen LogP contribution < -0.4 is 16.0 Å². The molecule has 1 saturated carbocycles. The zero-order chi connectivity index (χ0) is 33.0. The summed E-state index contributed by atoms with van der Waals surface area (Å²) < 4.78 is 28.5. The Morgan fingerprint density at radius 2 is 1.76 bits per heavy atom. The normalized spacial score (nSPS) is 19.1. The SMILES string of the molecule is N#Cc1cccc(S(=O)(=O)N2C[C@H](NC3CCC3)C[C@@H]2C(=O)N[C@@H](Cc2ccc(NC(=O)c3c(Cl)cncc3Cl)cc2)C(=O)O)c1. The predicted molar refractivity (Wildman–Crippen MR) is 170 cm³/mol. The first-order valence-corrected chi connectivity index (χ1v) is 16.7. The topological polar surface area (TPSA) is 182 Å². The molecule has 2 amide bonds. The molecule has 5 rings (SSSR count). The number of rotatable bonds is 11. The molecule has 15 heteroatoms. The molecule has 3 aromatic rings. The third kappa shape index (κ3) is 7.49. The van der Waals surface area contributed by atoms with Gasteiger partial charge in [0.25, 0.3) is 5.91 Å². The monoisotopic (exact) mass is 684 g/mol. The van der Waals surface area contributed by atoms with Gasteiger partial charge in [-0.1, -0.05) is 47.8 Å². The van der Waals surface area contributed by atoms with E-state index in [1.165, 1.54) is 36.7 Å². The van der Waals surface area contributed by atoms with Crippen LogP contribution in [0.1, 0.15) is 47.2 Å². The summed E-state index contributed by atoms with van der Waals surface area (Å²) >= 11 is 12.1. The first-order chi connectivity index (χ1) is 22.0. The van der Waals surface area contributed by atoms with Crippen molar-refractivity contribution < 1.29 is 27.9 Å². The van der Waals surface area contributed by atoms with Crippen molar-refractivity contribution in [1.82, 2.24) is 19.9 Å². The molecule has 0 bridgehead atoms. The molecule has 240 valence electrons. The van der Waals surface area contributed by atoms with Crippen molar-refractivity contribution >= 4 is 56.7 Å². The number of halogens is 2. The largest absolute Gasteiger partial charge is 0.480 e. The first kappa shape index (κ1) is 33.3. The number of hydrogen-bond donors (Lipinski definition) is 4. The molecule has 12 nitrogen and oxygen atoms in total. The maximum Gasteiger partial charge on any atom is 0.326 e. The zero-order valence-electron chi connectivity index (χ0n) is 24.3. The Labute approximate surface area is 275 Å². The lowest BCUT2D eigenvalue weighted by Crippen LogP contribution is -2.51. The maximum atomic E-state index is 13.7. The van der Waals surface area contributed by atoms with E-state index in [2.05, 4.69) is 20.9 Å². The van der Waals surface area contributed by atoms with Crippen LogP contribution in [0.4, 0.5) is 5.69 Å². The molecule has 1 saturated heterocycles. The highest BCUT2D eigenvalue weighted by Crippen LogP contribution is 2.30. The van der Waals surface area contributed by atoms with Crippen molar-refractivity contribution in [2.24, 2.45) is 0 Å². The zero-order valence-corrected chi connectivity index (χ0v) is 26.6. The van der Waals surface area contributed by atoms with Crippen LogP contribution in [0.3, 0.4) is 0 Å². The van der Waals surface area contributed by atoms with Gasteiger partial charge in [0.15, 0.2) is 0 Å². The highest BCUT2D eigenvalue weighted by molar-refractivity contribution is 7.89. The Morgan fingerprint density at radius 3 is 2.37 bits per heavy atom. The number of pyridine rings is 1. The van der Waals surface area contributed by atoms with Gasteiger partial charge in [0.1, 0.15) is 12.1 Å². The van der Waals surface area contributed by atoms with Gasteiger partial charge in [0.2, 0.25) is 15.9 Å². The van der Waals surface area contributed by atoms with E-state index in [1.54, 1.807) is 24.3 Å². The first-order valence-electron chi connectivity index (χ1n) is 14.5. The molecule has 1 aromatic heterocycles. The number of carbonyl (C=O) groups excluding carboxylic acids is 2. The molecule has 2 heterocycles. The third-order valence-corrected chi connectivity index (χ3v) is 10.5. The van der Waals surface area contributed by atoms with Gasteiger partial charge in [-0.2, -0.15) is 9.57 Å². The molecule has 2 aliphatic rings. The van der Waals surface area contributed by atoms with Crippen LogP contribution >= 0.6 is 23.2 Å². The van der Waals surface area contributed by atoms with Crippen molar-refractivity contribution in [1.29, 1.82) is 5.26 Å². The summed E-state index contributed by atoms with van der Waals surface area (Å²) in [6, 6.07) is 11.2. The van der Waals surface area contributed by atoms with Crippen LogP contribution in [-0.4, -0.2) is 71.3 Å². The smallest absolute Gasteiger partial charge is 0.326 e. The van der Waals surface area contributed by atoms with Crippen molar-refractivity contribution in [2.45, 2.75) is 61.2 Å². The number of carbonyl (C=O) groups is 3. The lowest BCUT2D eigenvalue weighted by molar-refractivity contribution is -0.142. The molecule has 1 aliphatic carbocycles. The lowest BCUT2D eigenvalue weighted by Gasteiger charge is -2.29. The molecule has 0 unspecified atom stereocenters. The van der Waals surface area contributed by atoms with Crippen molar-refractivity contribution in [3.05, 3.63) is 87.7 Å². The molecule has 2 aromatic carbocycles. The summed E-state index contributed by atoms with van der Waals surface area (Å²) in [4.78, 5) is 42.2. The molecule has 0 radical (unpaired) electrons. The number of sulfonamides is 1. The molecule has 1 aliphatic heterocycles. The number of aliphatic carboxylic acids is 1. The van der Waals surface area contributed by atoms with E-state index in [0.29, 0.717) is 11.3 Å². The quantitative estimate of drug-likeness (QED) is 0.235. The molecule has 0 spiro atoms. The van der Waals surface area contributed by atoms with Crippen molar-refractivity contribution in [2.75, 3.05) is 11.9 Å². The highest BCUT2D eigenvalue weighted by atomic mass is 35.5. The van der Waals surface area contributed by atoms with Crippen LogP contribution in [0.25, 0.3) is 0 Å². The van der Waals surface area contributed by atoms with Gasteiger partial charge in [0.05, 0.1) is 32.1 Å². The van der Waals surface area contributed by atoms with Gasteiger partial charge >= 0.3 is 5.97 Å². The fourth-order valence-electron chi connectivity index (χ4n) is 5.45. The minimum atomic E-state index is -4.20. The Bertz CT molecular complexity index is 1780. The fourth-order valence-corrected chi connectivity index (χ4v) is 7.68. The maximum absolute atomic E-state index is 13.7. The van der Waals surface area contributed by atoms with Crippen LogP contribution in [0.15, 0.2) is 65.8 Å². The number of nitrogens with zero attached hydrogens (tertiary/aromatic N) is 3. The number of carboxylic acid groups (broad SMARTS) is 1. The molecule has 4 N–H and O–H groups in total. The molecular formula is C31H30Cl2N6O6S. The van der Waals surface area contributed by atoms with Crippen LogP contribution in [0.5, 0.6) is 0 Å². The Kier molecular flexibility index (Phi) is 10.2. The number of carboxylic acids is 1. The second-order valence-electron chi connectivity index (χ2n) is 11.2. The average Bonchev–Trinajstić information content (AvgIpc) is 3.45. The van der Waals surface area contributed by atoms with Crippen molar-refractivity contribution in [3.8, 4) is 6.07 Å². The molecule has 3 atom stereocenters. The summed E-state index contributed by atoms with van der Waals surface area (Å²) in [5, 5.41) is 28.0. The van der Waals surface area contributed by atoms with Gasteiger partial charge in [-0.05, 0) is 55.2 Å². The summed E-state index contributed by atoms with van der Waals surface area (Å²) in [7, 11) is -4.20. The standard InChI is InChI=1S/C31H30Cl2N6O6S/c32-24-15-35-16-25(33)28(24)30(41)37-21-9-7-18(8-10-21)12-26(31(42)43)38-29(40)27-13-22(36-20-4-2-5-20)17-39(27)46(44,45)23-6-1-3-19(11-23)14-34/h1,3,6-11,15-16,20,22,26-27,36H,2,4-5,12-13,17H2,(H,37,41)(H,38,40)(H,42,43)/t22-,26+,27-/m1/s1. The summed E-state index contributed by atoms with van der Waals surface area (Å²) in [5.74, 6) is -2.59. The van der Waals surface area contributed by atoms with Crippen molar-refractivity contribution in [3.63, 3.8) is 0 Å². The highest BCUT2D eigenvalue weighted by Gasteiger charge is 2.45. The number of nitriles is 1. The minimum Gasteiger partial charge on any atom is -0.480 e. The summed E-state index contributed by atoms with van der Waals surface area (Å²) in [5.41, 5.74) is 1.15. The van der Waals surface area contributed by atoms with Crippen LogP contribution in [-0.2, 0) is 26.0 Å². The second kappa shape index (κ2) is 14.1. The van der Waals surface area contributed by atoms with Gasteiger partial charge in [-0.3, -0.25) is 14.6 Å². The Balaban J connectivity index is 1.30. The number of anilines is 1. The van der Waals surface area contributed by atoms with E-state index < -0.39 is 39.9 Å². The number of benzene rings is 2. The van der Waals surface area contributed by atoms with Gasteiger partial charge in [-0.15, -0.1) is 0 Å². The Hall–Kier alpha value is -4.06. The number of amides is 2. The van der Waals surface area contributed by atoms with E-state index in [1.807, 2.05) is 6.07 Å². The molecular weight excluding hydrogens is 655 g/mol. The van der Waals surface area contributed by atoms with Gasteiger partial charge in [0, 0.05) is 43.1 Å². The summed E-state index contributed by atoms with van der Waals surface area (Å²) in [6.45, 7) is 0.0224. The molecule has 2 fully saturated rings. The number of hydrogen-bond acceptors (Lipinski definition) is 8. The lowest BCUT2D eigenvalue weighted by atomic mass is 9.92. The van der Waals surface area contributed by atoms with E-state index in [0.717, 1.165) is 23.6 Å². The average molecular weight is 686 g/mol. The predicted octanol–water partition coefficient (Wildman–Crippen LogP) is 3.60. The van der Waals surface area contributed by atoms with Crippen LogP contribution in [0.2, 0.25) is 10.0 Å². The van der Waals surface area contributed by atoms with E-state index >= 15 is 0 Å². The number of aromatic nitrogens is 1. The fraction of sp³-hybridized carbons (Fsp3) is 0.323. The van der Waals surface area contributed by atoms with E-state index in [4.69, 9.17) is 23.2 Å². The van der Waals surface area contributed by atoms with Gasteiger partial charge < -0.3 is 21.1 Å². The van der Waals surface area contributed by atoms with E-state index in [-0.39, 0.29) is 57.5 Å². The summed E-state index contributed by atoms with van der Waals surface area (Å²) in [6.07, 6.45) is 5.62. The Morgan fingerprint density at radius 1 is 1.07 bits per heavy atom. The minimum absolute atomic E-state index is 0.0224. The third-order valence-electron chi connectivity index (χ3n) is 8.05. The van der Waals surface area contributed by atoms with Gasteiger partial charge in [-0.25, -0.2) is 13.2 Å². The van der Waals surface area contributed by atoms with E-state index in [9.17, 15) is 33.2 Å². The number of nitrogens with one attached hydrogen (secondary N) is 3.